The molecule has 2 heteroatoms. The number of nitrogens with one attached hydrogen (secondary N) is 1. The largest absolute Gasteiger partial charge is 0.469 e. The molecule has 0 spiro atoms. The number of aryl methyl sites for hydroxylation is 1. The molecule has 0 bridgehead atoms. The van der Waals surface area contributed by atoms with Gasteiger partial charge in [0.05, 0.1) is 6.26 Å². The van der Waals surface area contributed by atoms with Crippen molar-refractivity contribution in [1.29, 1.82) is 0 Å². The first-order chi connectivity index (χ1) is 6.31. The van der Waals surface area contributed by atoms with Gasteiger partial charge in [-0.2, -0.15) is 0 Å². The van der Waals surface area contributed by atoms with Crippen LogP contribution in [0.5, 0.6) is 0 Å². The zero-order chi connectivity index (χ0) is 9.26. The van der Waals surface area contributed by atoms with E-state index >= 15 is 0 Å². The number of rotatable bonds is 3. The van der Waals surface area contributed by atoms with Gasteiger partial charge in [0.2, 0.25) is 0 Å². The van der Waals surface area contributed by atoms with E-state index in [0.717, 1.165) is 11.7 Å². The molecule has 1 N–H and O–H groups in total. The predicted molar refractivity (Wildman–Crippen MR) is 52.6 cm³/mol. The summed E-state index contributed by atoms with van der Waals surface area (Å²) in [5, 5.41) is 3.37. The van der Waals surface area contributed by atoms with E-state index < -0.39 is 0 Å². The Bertz CT molecular complexity index is 275. The second-order valence-corrected chi connectivity index (χ2v) is 3.95. The first-order valence-corrected chi connectivity index (χ1v) is 5.03. The van der Waals surface area contributed by atoms with E-state index in [2.05, 4.69) is 11.4 Å². The lowest BCUT2D eigenvalue weighted by atomic mass is 9.78. The summed E-state index contributed by atoms with van der Waals surface area (Å²) in [5.41, 5.74) is 1.31. The summed E-state index contributed by atoms with van der Waals surface area (Å²) in [5.74, 6) is 1.83. The molecule has 1 saturated carbocycles. The minimum atomic E-state index is 0.506. The molecule has 2 nitrogen and oxygen atoms in total. The fraction of sp³-hybridized carbons (Fsp3) is 0.636. The maximum Gasteiger partial charge on any atom is 0.101 e. The van der Waals surface area contributed by atoms with Crippen LogP contribution in [0, 0.1) is 12.8 Å². The van der Waals surface area contributed by atoms with Gasteiger partial charge in [0.15, 0.2) is 0 Å². The van der Waals surface area contributed by atoms with Crippen molar-refractivity contribution in [3.63, 3.8) is 0 Å². The summed E-state index contributed by atoms with van der Waals surface area (Å²) in [4.78, 5) is 0. The summed E-state index contributed by atoms with van der Waals surface area (Å²) in [6, 6.07) is 2.64. The second kappa shape index (κ2) is 3.54. The number of hydrogen-bond acceptors (Lipinski definition) is 2. The molecule has 1 aromatic heterocycles. The minimum Gasteiger partial charge on any atom is -0.469 e. The second-order valence-electron chi connectivity index (χ2n) is 3.95. The van der Waals surface area contributed by atoms with E-state index in [1.807, 2.05) is 20.2 Å². The molecule has 0 aromatic carbocycles. The molecule has 1 heterocycles. The van der Waals surface area contributed by atoms with Gasteiger partial charge in [0.1, 0.15) is 5.76 Å². The SMILES string of the molecule is CNC(c1coc(C)c1)C1CCC1. The summed E-state index contributed by atoms with van der Waals surface area (Å²) in [7, 11) is 2.03. The van der Waals surface area contributed by atoms with Crippen LogP contribution in [0.2, 0.25) is 0 Å². The topological polar surface area (TPSA) is 25.2 Å². The fourth-order valence-electron chi connectivity index (χ4n) is 2.07. The van der Waals surface area contributed by atoms with Crippen LogP contribution in [0.25, 0.3) is 0 Å². The zero-order valence-electron chi connectivity index (χ0n) is 8.34. The standard InChI is InChI=1S/C11H17NO/c1-8-6-10(7-13-8)11(12-2)9-4-3-5-9/h6-7,9,11-12H,3-5H2,1-2H3. The van der Waals surface area contributed by atoms with Crippen molar-refractivity contribution in [3.8, 4) is 0 Å². The Morgan fingerprint density at radius 1 is 1.54 bits per heavy atom. The summed E-state index contributed by atoms with van der Waals surface area (Å²) in [6.45, 7) is 2.00. The highest BCUT2D eigenvalue weighted by Gasteiger charge is 2.27. The number of hydrogen-bond donors (Lipinski definition) is 1. The van der Waals surface area contributed by atoms with Crippen LogP contribution < -0.4 is 5.32 Å². The maximum atomic E-state index is 5.33. The normalized spacial score (nSPS) is 19.8. The molecule has 0 aliphatic heterocycles. The quantitative estimate of drug-likeness (QED) is 0.771. The lowest BCUT2D eigenvalue weighted by Crippen LogP contribution is -2.29. The van der Waals surface area contributed by atoms with Gasteiger partial charge in [-0.1, -0.05) is 6.42 Å². The third-order valence-electron chi connectivity index (χ3n) is 3.04. The summed E-state index contributed by atoms with van der Waals surface area (Å²) >= 11 is 0. The van der Waals surface area contributed by atoms with Crippen LogP contribution in [0.15, 0.2) is 16.7 Å². The first-order valence-electron chi connectivity index (χ1n) is 5.03. The van der Waals surface area contributed by atoms with E-state index in [0.29, 0.717) is 6.04 Å². The van der Waals surface area contributed by atoms with E-state index in [1.165, 1.54) is 24.8 Å². The molecule has 0 amide bonds. The summed E-state index contributed by atoms with van der Waals surface area (Å²) < 4.78 is 5.33. The average Bonchev–Trinajstić information content (AvgIpc) is 2.43. The van der Waals surface area contributed by atoms with Crippen molar-refractivity contribution in [3.05, 3.63) is 23.7 Å². The zero-order valence-corrected chi connectivity index (χ0v) is 8.34. The highest BCUT2D eigenvalue weighted by Crippen LogP contribution is 2.37. The van der Waals surface area contributed by atoms with Gasteiger partial charge >= 0.3 is 0 Å². The highest BCUT2D eigenvalue weighted by molar-refractivity contribution is 5.17. The summed E-state index contributed by atoms with van der Waals surface area (Å²) in [6.07, 6.45) is 5.99. The molecule has 0 radical (unpaired) electrons. The lowest BCUT2D eigenvalue weighted by Gasteiger charge is -2.32. The van der Waals surface area contributed by atoms with Crippen LogP contribution in [-0.4, -0.2) is 7.05 Å². The van der Waals surface area contributed by atoms with Gasteiger partial charge < -0.3 is 9.73 Å². The van der Waals surface area contributed by atoms with Crippen LogP contribution in [0.4, 0.5) is 0 Å². The Morgan fingerprint density at radius 2 is 2.31 bits per heavy atom. The van der Waals surface area contributed by atoms with E-state index in [9.17, 15) is 0 Å². The molecule has 13 heavy (non-hydrogen) atoms. The Morgan fingerprint density at radius 3 is 2.69 bits per heavy atom. The highest BCUT2D eigenvalue weighted by atomic mass is 16.3. The number of furan rings is 1. The third kappa shape index (κ3) is 1.63. The predicted octanol–water partition coefficient (Wildman–Crippen LogP) is 2.65. The maximum absolute atomic E-state index is 5.33. The molecule has 72 valence electrons. The smallest absolute Gasteiger partial charge is 0.101 e. The van der Waals surface area contributed by atoms with Crippen LogP contribution in [0.1, 0.15) is 36.6 Å². The van der Waals surface area contributed by atoms with Crippen molar-refractivity contribution in [2.24, 2.45) is 5.92 Å². The molecular weight excluding hydrogens is 162 g/mol. The average molecular weight is 179 g/mol. The Kier molecular flexibility index (Phi) is 2.40. The van der Waals surface area contributed by atoms with Crippen molar-refractivity contribution in [1.82, 2.24) is 5.32 Å². The Balaban J connectivity index is 2.11. The lowest BCUT2D eigenvalue weighted by molar-refractivity contribution is 0.238. The van der Waals surface area contributed by atoms with Crippen molar-refractivity contribution in [2.45, 2.75) is 32.2 Å². The molecule has 2 rings (SSSR count). The van der Waals surface area contributed by atoms with E-state index in [1.54, 1.807) is 0 Å². The monoisotopic (exact) mass is 179 g/mol. The van der Waals surface area contributed by atoms with Gasteiger partial charge in [0.25, 0.3) is 0 Å². The molecule has 0 saturated heterocycles. The van der Waals surface area contributed by atoms with E-state index in [4.69, 9.17) is 4.42 Å². The van der Waals surface area contributed by atoms with Gasteiger partial charge in [-0.25, -0.2) is 0 Å². The minimum absolute atomic E-state index is 0.506. The van der Waals surface area contributed by atoms with Crippen LogP contribution in [0.3, 0.4) is 0 Å². The molecule has 1 aliphatic carbocycles. The Labute approximate surface area is 79.3 Å². The first kappa shape index (κ1) is 8.82. The molecule has 1 aliphatic rings. The van der Waals surface area contributed by atoms with Crippen molar-refractivity contribution >= 4 is 0 Å². The van der Waals surface area contributed by atoms with Gasteiger partial charge in [-0.05, 0) is 38.8 Å². The van der Waals surface area contributed by atoms with Gasteiger partial charge in [-0.15, -0.1) is 0 Å². The molecular formula is C11H17NO. The Hall–Kier alpha value is -0.760. The van der Waals surface area contributed by atoms with E-state index in [-0.39, 0.29) is 0 Å². The van der Waals surface area contributed by atoms with Crippen molar-refractivity contribution < 1.29 is 4.42 Å². The van der Waals surface area contributed by atoms with Crippen LogP contribution in [-0.2, 0) is 0 Å². The van der Waals surface area contributed by atoms with Gasteiger partial charge in [0, 0.05) is 11.6 Å². The fourth-order valence-corrected chi connectivity index (χ4v) is 2.07. The van der Waals surface area contributed by atoms with Crippen LogP contribution >= 0.6 is 0 Å². The molecule has 1 aromatic rings. The molecule has 1 atom stereocenters. The van der Waals surface area contributed by atoms with Gasteiger partial charge in [-0.3, -0.25) is 0 Å². The third-order valence-corrected chi connectivity index (χ3v) is 3.04. The molecule has 1 unspecified atom stereocenters. The molecule has 1 fully saturated rings. The van der Waals surface area contributed by atoms with Crippen molar-refractivity contribution in [2.75, 3.05) is 7.05 Å².